The van der Waals surface area contributed by atoms with Gasteiger partial charge in [-0.2, -0.15) is 0 Å². The molecule has 1 aliphatic rings. The zero-order chi connectivity index (χ0) is 18.1. The van der Waals surface area contributed by atoms with E-state index in [-0.39, 0.29) is 5.91 Å². The quantitative estimate of drug-likeness (QED) is 0.706. The van der Waals surface area contributed by atoms with Gasteiger partial charge in [0, 0.05) is 38.7 Å². The molecular formula is C18H20N6OS. The second-order valence-corrected chi connectivity index (χ2v) is 7.49. The summed E-state index contributed by atoms with van der Waals surface area (Å²) in [6.45, 7) is 3.42. The van der Waals surface area contributed by atoms with E-state index in [1.807, 2.05) is 35.8 Å². The second kappa shape index (κ2) is 6.95. The number of aromatic nitrogens is 5. The van der Waals surface area contributed by atoms with Crippen LogP contribution in [0.2, 0.25) is 0 Å². The van der Waals surface area contributed by atoms with E-state index in [1.54, 1.807) is 17.9 Å². The van der Waals surface area contributed by atoms with Crippen LogP contribution in [0, 0.1) is 12.8 Å². The van der Waals surface area contributed by atoms with Gasteiger partial charge in [-0.25, -0.2) is 15.0 Å². The fourth-order valence-corrected chi connectivity index (χ4v) is 4.12. The van der Waals surface area contributed by atoms with Crippen LogP contribution in [0.1, 0.15) is 27.5 Å². The van der Waals surface area contributed by atoms with E-state index in [0.717, 1.165) is 53.7 Å². The lowest BCUT2D eigenvalue weighted by Crippen LogP contribution is -2.28. The molecule has 1 saturated heterocycles. The van der Waals surface area contributed by atoms with Crippen LogP contribution >= 0.6 is 11.3 Å². The van der Waals surface area contributed by atoms with Crippen molar-refractivity contribution in [1.29, 1.82) is 0 Å². The highest BCUT2D eigenvalue weighted by Gasteiger charge is 2.29. The predicted molar refractivity (Wildman–Crippen MR) is 98.8 cm³/mol. The average molecular weight is 368 g/mol. The summed E-state index contributed by atoms with van der Waals surface area (Å²) in [5.41, 5.74) is 4.27. The molecule has 26 heavy (non-hydrogen) atoms. The lowest BCUT2D eigenvalue weighted by molar-refractivity contribution is 0.0791. The smallest absolute Gasteiger partial charge is 0.265 e. The normalized spacial score (nSPS) is 17.0. The van der Waals surface area contributed by atoms with E-state index in [4.69, 9.17) is 4.98 Å². The van der Waals surface area contributed by atoms with Gasteiger partial charge in [-0.15, -0.1) is 11.3 Å². The minimum atomic E-state index is 0.0975. The molecule has 0 spiro atoms. The molecule has 134 valence electrons. The van der Waals surface area contributed by atoms with Gasteiger partial charge in [0.05, 0.1) is 23.1 Å². The zero-order valence-corrected chi connectivity index (χ0v) is 15.6. The van der Waals surface area contributed by atoms with Crippen molar-refractivity contribution < 1.29 is 4.79 Å². The van der Waals surface area contributed by atoms with Crippen molar-refractivity contribution in [3.05, 3.63) is 46.6 Å². The molecule has 0 aliphatic carbocycles. The molecule has 0 bridgehead atoms. The molecule has 4 heterocycles. The molecule has 1 fully saturated rings. The molecule has 3 aromatic rings. The largest absolute Gasteiger partial charge is 0.338 e. The van der Waals surface area contributed by atoms with Gasteiger partial charge >= 0.3 is 0 Å². The summed E-state index contributed by atoms with van der Waals surface area (Å²) in [6.07, 6.45) is 9.00. The van der Waals surface area contributed by atoms with Crippen LogP contribution in [0.5, 0.6) is 0 Å². The minimum absolute atomic E-state index is 0.0975. The van der Waals surface area contributed by atoms with Crippen molar-refractivity contribution in [3.63, 3.8) is 0 Å². The Labute approximate surface area is 155 Å². The Morgan fingerprint density at radius 3 is 2.96 bits per heavy atom. The van der Waals surface area contributed by atoms with Gasteiger partial charge in [0.1, 0.15) is 10.6 Å². The Morgan fingerprint density at radius 2 is 2.23 bits per heavy atom. The Hall–Kier alpha value is -2.61. The van der Waals surface area contributed by atoms with Gasteiger partial charge in [0.15, 0.2) is 5.82 Å². The molecule has 1 amide bonds. The zero-order valence-electron chi connectivity index (χ0n) is 14.8. The number of hydrogen-bond donors (Lipinski definition) is 0. The van der Waals surface area contributed by atoms with Gasteiger partial charge in [0.25, 0.3) is 5.91 Å². The summed E-state index contributed by atoms with van der Waals surface area (Å²) in [5, 5.41) is 0. The molecule has 0 saturated carbocycles. The number of carbonyl (C=O) groups is 1. The van der Waals surface area contributed by atoms with Crippen molar-refractivity contribution in [1.82, 2.24) is 29.4 Å². The van der Waals surface area contributed by atoms with Gasteiger partial charge in [-0.1, -0.05) is 0 Å². The van der Waals surface area contributed by atoms with Gasteiger partial charge in [-0.3, -0.25) is 9.78 Å². The topological polar surface area (TPSA) is 76.8 Å². The fraction of sp³-hybridized carbons (Fsp3) is 0.389. The molecule has 3 aromatic heterocycles. The number of likely N-dealkylation sites (tertiary alicyclic amines) is 1. The van der Waals surface area contributed by atoms with E-state index < -0.39 is 0 Å². The first-order valence-electron chi connectivity index (χ1n) is 8.60. The second-order valence-electron chi connectivity index (χ2n) is 6.63. The third-order valence-corrected chi connectivity index (χ3v) is 5.66. The molecular weight excluding hydrogens is 348 g/mol. The molecule has 8 heteroatoms. The summed E-state index contributed by atoms with van der Waals surface area (Å²) in [7, 11) is 1.94. The van der Waals surface area contributed by atoms with E-state index in [1.165, 1.54) is 11.3 Å². The monoisotopic (exact) mass is 368 g/mol. The molecule has 0 radical (unpaired) electrons. The number of amides is 1. The lowest BCUT2D eigenvalue weighted by atomic mass is 10.0. The van der Waals surface area contributed by atoms with Crippen molar-refractivity contribution in [2.45, 2.75) is 19.8 Å². The lowest BCUT2D eigenvalue weighted by Gasteiger charge is -2.16. The third kappa shape index (κ3) is 3.24. The summed E-state index contributed by atoms with van der Waals surface area (Å²) < 4.78 is 1.93. The molecule has 1 unspecified atom stereocenters. The summed E-state index contributed by atoms with van der Waals surface area (Å²) in [4.78, 5) is 32.9. The molecule has 0 aromatic carbocycles. The first-order chi connectivity index (χ1) is 12.6. The van der Waals surface area contributed by atoms with Gasteiger partial charge in [0.2, 0.25) is 0 Å². The first-order valence-corrected chi connectivity index (χ1v) is 9.47. The van der Waals surface area contributed by atoms with Crippen molar-refractivity contribution in [3.8, 4) is 11.5 Å². The summed E-state index contributed by atoms with van der Waals surface area (Å²) in [6, 6.07) is 0. The highest BCUT2D eigenvalue weighted by Crippen LogP contribution is 2.24. The highest BCUT2D eigenvalue weighted by atomic mass is 32.1. The van der Waals surface area contributed by atoms with E-state index in [0.29, 0.717) is 5.92 Å². The average Bonchev–Trinajstić information content (AvgIpc) is 3.36. The number of aryl methyl sites for hydroxylation is 2. The highest BCUT2D eigenvalue weighted by molar-refractivity contribution is 7.11. The SMILES string of the molecule is Cc1ncsc1C(=O)N1CCC(Cc2cncc(-c3nccn3C)n2)C1. The van der Waals surface area contributed by atoms with Crippen molar-refractivity contribution in [2.24, 2.45) is 13.0 Å². The summed E-state index contributed by atoms with van der Waals surface area (Å²) >= 11 is 1.42. The molecule has 1 aliphatic heterocycles. The maximum Gasteiger partial charge on any atom is 0.265 e. The van der Waals surface area contributed by atoms with Crippen LogP contribution in [0.3, 0.4) is 0 Å². The maximum atomic E-state index is 12.6. The first kappa shape index (κ1) is 16.8. The molecule has 1 atom stereocenters. The minimum Gasteiger partial charge on any atom is -0.338 e. The molecule has 0 N–H and O–H groups in total. The molecule has 4 rings (SSSR count). The van der Waals surface area contributed by atoms with Gasteiger partial charge in [-0.05, 0) is 25.7 Å². The maximum absolute atomic E-state index is 12.6. The fourth-order valence-electron chi connectivity index (χ4n) is 3.36. The van der Waals surface area contributed by atoms with E-state index >= 15 is 0 Å². The van der Waals surface area contributed by atoms with Crippen molar-refractivity contribution in [2.75, 3.05) is 13.1 Å². The third-order valence-electron chi connectivity index (χ3n) is 4.75. The number of hydrogen-bond acceptors (Lipinski definition) is 6. The van der Waals surface area contributed by atoms with Crippen LogP contribution in [-0.2, 0) is 13.5 Å². The number of nitrogens with zero attached hydrogens (tertiary/aromatic N) is 6. The van der Waals surface area contributed by atoms with Crippen LogP contribution in [0.25, 0.3) is 11.5 Å². The van der Waals surface area contributed by atoms with Crippen LogP contribution < -0.4 is 0 Å². The number of carbonyl (C=O) groups excluding carboxylic acids is 1. The Kier molecular flexibility index (Phi) is 4.50. The standard InChI is InChI=1S/C18H20N6OS/c1-12-16(26-11-21-12)18(25)24-5-3-13(10-24)7-14-8-19-9-15(22-14)17-20-4-6-23(17)2/h4,6,8-9,11,13H,3,5,7,10H2,1-2H3. The summed E-state index contributed by atoms with van der Waals surface area (Å²) in [5.74, 6) is 1.31. The Morgan fingerprint density at radius 1 is 1.35 bits per heavy atom. The number of imidazole rings is 1. The number of thiazole rings is 1. The van der Waals surface area contributed by atoms with Crippen LogP contribution in [-0.4, -0.2) is 48.4 Å². The number of rotatable bonds is 4. The van der Waals surface area contributed by atoms with Gasteiger partial charge < -0.3 is 9.47 Å². The Bertz CT molecular complexity index is 933. The van der Waals surface area contributed by atoms with E-state index in [9.17, 15) is 4.79 Å². The van der Waals surface area contributed by atoms with Crippen molar-refractivity contribution >= 4 is 17.2 Å². The van der Waals surface area contributed by atoms with Crippen LogP contribution in [0.4, 0.5) is 0 Å². The van der Waals surface area contributed by atoms with Crippen LogP contribution in [0.15, 0.2) is 30.3 Å². The molecule has 7 nitrogen and oxygen atoms in total. The Balaban J connectivity index is 1.44. The predicted octanol–water partition coefficient (Wildman–Crippen LogP) is 2.35. The van der Waals surface area contributed by atoms with E-state index in [2.05, 4.69) is 15.0 Å².